The van der Waals surface area contributed by atoms with Gasteiger partial charge >= 0.3 is 0 Å². The highest BCUT2D eigenvalue weighted by atomic mass is 19.1. The summed E-state index contributed by atoms with van der Waals surface area (Å²) in [7, 11) is 3.85. The van der Waals surface area contributed by atoms with Gasteiger partial charge in [-0.1, -0.05) is 12.1 Å². The fourth-order valence-electron chi connectivity index (χ4n) is 2.53. The molecule has 0 radical (unpaired) electrons. The van der Waals surface area contributed by atoms with Crippen LogP contribution in [0.3, 0.4) is 0 Å². The van der Waals surface area contributed by atoms with Crippen molar-refractivity contribution in [1.82, 2.24) is 0 Å². The van der Waals surface area contributed by atoms with Crippen LogP contribution in [0.25, 0.3) is 0 Å². The smallest absolute Gasteiger partial charge is 0.141 e. The molecule has 4 heteroatoms. The molecule has 3 atom stereocenters. The van der Waals surface area contributed by atoms with Crippen LogP contribution < -0.4 is 4.90 Å². The molecule has 3 N–H and O–H groups in total. The van der Waals surface area contributed by atoms with Crippen molar-refractivity contribution in [3.05, 3.63) is 42.7 Å². The van der Waals surface area contributed by atoms with Crippen LogP contribution in [0.5, 0.6) is 0 Å². The van der Waals surface area contributed by atoms with Crippen LogP contribution in [-0.4, -0.2) is 28.9 Å². The lowest BCUT2D eigenvalue weighted by Crippen LogP contribution is -3.11. The Labute approximate surface area is 100 Å². The lowest BCUT2D eigenvalue weighted by Gasteiger charge is -2.48. The van der Waals surface area contributed by atoms with Crippen molar-refractivity contribution < 1.29 is 19.5 Å². The molecule has 0 spiro atoms. The summed E-state index contributed by atoms with van der Waals surface area (Å²) in [6.07, 6.45) is 0.407. The molecule has 1 saturated heterocycles. The van der Waals surface area contributed by atoms with Gasteiger partial charge in [-0.25, -0.2) is 4.39 Å². The van der Waals surface area contributed by atoms with Gasteiger partial charge in [0.1, 0.15) is 17.0 Å². The number of piperidine rings is 1. The van der Waals surface area contributed by atoms with Crippen LogP contribution >= 0.6 is 0 Å². The molecule has 1 fully saturated rings. The van der Waals surface area contributed by atoms with E-state index in [0.29, 0.717) is 25.1 Å². The van der Waals surface area contributed by atoms with Crippen LogP contribution in [0.4, 0.5) is 4.39 Å². The molecule has 94 valence electrons. The Balaban J connectivity index is 2.37. The van der Waals surface area contributed by atoms with E-state index in [4.69, 9.17) is 0 Å². The standard InChI is InChI=1S/C13H18FNO2/c1-12(16)9-15(2)8-7-13(12,17)10-3-5-11(14)6-4-10/h3-6,15-17H,2,7-9H2,1H3. The van der Waals surface area contributed by atoms with Crippen LogP contribution in [0, 0.1) is 12.9 Å². The van der Waals surface area contributed by atoms with Gasteiger partial charge in [0.25, 0.3) is 0 Å². The number of benzene rings is 1. The van der Waals surface area contributed by atoms with Gasteiger partial charge in [-0.2, -0.15) is 7.05 Å². The Kier molecular flexibility index (Phi) is 2.97. The molecule has 1 heterocycles. The maximum absolute atomic E-state index is 12.9. The second-order valence-electron chi connectivity index (χ2n) is 5.07. The van der Waals surface area contributed by atoms with E-state index in [9.17, 15) is 14.6 Å². The van der Waals surface area contributed by atoms with Gasteiger partial charge < -0.3 is 15.1 Å². The van der Waals surface area contributed by atoms with E-state index in [2.05, 4.69) is 7.05 Å². The summed E-state index contributed by atoms with van der Waals surface area (Å²) in [5, 5.41) is 21.0. The summed E-state index contributed by atoms with van der Waals surface area (Å²) in [6.45, 7) is 2.63. The first-order valence-corrected chi connectivity index (χ1v) is 5.73. The highest BCUT2D eigenvalue weighted by Crippen LogP contribution is 2.36. The largest absolute Gasteiger partial charge is 0.465 e. The van der Waals surface area contributed by atoms with Crippen LogP contribution in [0.1, 0.15) is 18.9 Å². The van der Waals surface area contributed by atoms with Gasteiger partial charge in [-0.05, 0) is 24.6 Å². The molecule has 0 saturated carbocycles. The lowest BCUT2D eigenvalue weighted by molar-refractivity contribution is -0.872. The average Bonchev–Trinajstić information content (AvgIpc) is 2.24. The second-order valence-corrected chi connectivity index (χ2v) is 5.07. The quantitative estimate of drug-likeness (QED) is 0.597. The van der Waals surface area contributed by atoms with Crippen molar-refractivity contribution >= 4 is 0 Å². The Hall–Kier alpha value is -0.970. The molecule has 1 aliphatic heterocycles. The topological polar surface area (TPSA) is 44.9 Å². The number of hydrogen-bond acceptors (Lipinski definition) is 2. The van der Waals surface area contributed by atoms with Gasteiger partial charge in [-0.3, -0.25) is 0 Å². The predicted molar refractivity (Wildman–Crippen MR) is 61.6 cm³/mol. The highest BCUT2D eigenvalue weighted by molar-refractivity contribution is 5.27. The molecule has 0 bridgehead atoms. The number of quaternary nitrogens is 1. The lowest BCUT2D eigenvalue weighted by atomic mass is 9.73. The summed E-state index contributed by atoms with van der Waals surface area (Å²) in [5.41, 5.74) is -2.04. The molecule has 17 heavy (non-hydrogen) atoms. The maximum atomic E-state index is 12.9. The van der Waals surface area contributed by atoms with Crippen molar-refractivity contribution in [1.29, 1.82) is 0 Å². The van der Waals surface area contributed by atoms with Gasteiger partial charge in [0, 0.05) is 6.42 Å². The summed E-state index contributed by atoms with van der Waals surface area (Å²) in [5.74, 6) is -0.350. The predicted octanol–water partition coefficient (Wildman–Crippen LogP) is -0.156. The van der Waals surface area contributed by atoms with Crippen molar-refractivity contribution in [3.63, 3.8) is 0 Å². The van der Waals surface area contributed by atoms with E-state index in [1.807, 2.05) is 0 Å². The molecular formula is C13H18FNO2. The van der Waals surface area contributed by atoms with Crippen molar-refractivity contribution in [2.75, 3.05) is 13.1 Å². The maximum Gasteiger partial charge on any atom is 0.141 e. The zero-order valence-electron chi connectivity index (χ0n) is 9.91. The van der Waals surface area contributed by atoms with Crippen molar-refractivity contribution in [3.8, 4) is 0 Å². The van der Waals surface area contributed by atoms with Gasteiger partial charge in [0.2, 0.25) is 0 Å². The van der Waals surface area contributed by atoms with E-state index in [1.54, 1.807) is 6.92 Å². The van der Waals surface area contributed by atoms with E-state index in [1.165, 1.54) is 24.3 Å². The van der Waals surface area contributed by atoms with E-state index < -0.39 is 11.2 Å². The minimum absolute atomic E-state index is 0.350. The Morgan fingerprint density at radius 3 is 2.41 bits per heavy atom. The fourth-order valence-corrected chi connectivity index (χ4v) is 2.53. The van der Waals surface area contributed by atoms with Gasteiger partial charge in [0.05, 0.1) is 13.1 Å². The van der Waals surface area contributed by atoms with E-state index in [-0.39, 0.29) is 5.82 Å². The third-order valence-corrected chi connectivity index (χ3v) is 3.65. The first-order chi connectivity index (χ1) is 7.85. The number of nitrogens with one attached hydrogen (secondary N) is 1. The Morgan fingerprint density at radius 2 is 1.88 bits per heavy atom. The Morgan fingerprint density at radius 1 is 1.29 bits per heavy atom. The number of hydrogen-bond donors (Lipinski definition) is 3. The fraction of sp³-hybridized carbons (Fsp3) is 0.462. The number of halogens is 1. The minimum Gasteiger partial charge on any atom is -0.465 e. The van der Waals surface area contributed by atoms with Crippen molar-refractivity contribution in [2.45, 2.75) is 24.5 Å². The average molecular weight is 239 g/mol. The molecule has 1 aromatic rings. The molecule has 2 rings (SSSR count). The van der Waals surface area contributed by atoms with Gasteiger partial charge in [0.15, 0.2) is 0 Å². The molecule has 3 nitrogen and oxygen atoms in total. The molecular weight excluding hydrogens is 221 g/mol. The van der Waals surface area contributed by atoms with Crippen LogP contribution in [0.15, 0.2) is 24.3 Å². The molecule has 0 aliphatic carbocycles. The van der Waals surface area contributed by atoms with E-state index >= 15 is 0 Å². The van der Waals surface area contributed by atoms with E-state index in [0.717, 1.165) is 4.90 Å². The third-order valence-electron chi connectivity index (χ3n) is 3.65. The summed E-state index contributed by atoms with van der Waals surface area (Å²) < 4.78 is 12.9. The zero-order chi connectivity index (χ0) is 12.7. The third kappa shape index (κ3) is 2.08. The first kappa shape index (κ1) is 12.5. The first-order valence-electron chi connectivity index (χ1n) is 5.73. The number of aliphatic hydroxyl groups is 2. The second kappa shape index (κ2) is 4.05. The zero-order valence-corrected chi connectivity index (χ0v) is 9.91. The Bertz CT molecular complexity index is 404. The normalized spacial score (nSPS) is 38.1. The summed E-state index contributed by atoms with van der Waals surface area (Å²) >= 11 is 0. The SMILES string of the molecule is [CH2-][NH+]1CCC(O)(c2ccc(F)cc2)C(C)(O)C1. The molecule has 0 aromatic heterocycles. The monoisotopic (exact) mass is 239 g/mol. The number of likely N-dealkylation sites (tertiary alicyclic amines) is 1. The van der Waals surface area contributed by atoms with Crippen LogP contribution in [-0.2, 0) is 5.60 Å². The summed E-state index contributed by atoms with van der Waals surface area (Å²) in [4.78, 5) is 0.932. The molecule has 1 aromatic carbocycles. The molecule has 0 amide bonds. The minimum atomic E-state index is -1.33. The molecule has 3 unspecified atom stereocenters. The summed E-state index contributed by atoms with van der Waals surface area (Å²) in [6, 6.07) is 5.65. The van der Waals surface area contributed by atoms with Gasteiger partial charge in [-0.15, -0.1) is 0 Å². The number of rotatable bonds is 1. The molecule has 1 aliphatic rings. The van der Waals surface area contributed by atoms with Crippen molar-refractivity contribution in [2.24, 2.45) is 0 Å². The highest BCUT2D eigenvalue weighted by Gasteiger charge is 2.51. The van der Waals surface area contributed by atoms with Crippen LogP contribution in [0.2, 0.25) is 0 Å².